The Kier molecular flexibility index (Phi) is 8.47. The molecule has 2 aromatic carbocycles. The molecule has 6 heteroatoms. The third-order valence-electron chi connectivity index (χ3n) is 5.74. The van der Waals surface area contributed by atoms with Gasteiger partial charge in [0.15, 0.2) is 0 Å². The highest BCUT2D eigenvalue weighted by atomic mass is 16.5. The molecule has 1 aliphatic heterocycles. The van der Waals surface area contributed by atoms with Crippen molar-refractivity contribution < 1.29 is 14.3 Å². The monoisotopic (exact) mass is 423 g/mol. The van der Waals surface area contributed by atoms with Crippen LogP contribution in [0.4, 0.5) is 11.4 Å². The fraction of sp³-hybridized carbons (Fsp3) is 0.440. The van der Waals surface area contributed by atoms with Gasteiger partial charge in [0.1, 0.15) is 6.04 Å². The lowest BCUT2D eigenvalue weighted by Crippen LogP contribution is -2.49. The first-order chi connectivity index (χ1) is 15.1. The van der Waals surface area contributed by atoms with Crippen molar-refractivity contribution in [1.82, 2.24) is 4.90 Å². The van der Waals surface area contributed by atoms with E-state index in [2.05, 4.69) is 22.0 Å². The average Bonchev–Trinajstić information content (AvgIpc) is 2.81. The van der Waals surface area contributed by atoms with Crippen LogP contribution in [0.2, 0.25) is 0 Å². The van der Waals surface area contributed by atoms with E-state index in [-0.39, 0.29) is 17.9 Å². The summed E-state index contributed by atoms with van der Waals surface area (Å²) in [6.45, 7) is 5.31. The molecule has 0 radical (unpaired) electrons. The van der Waals surface area contributed by atoms with Crippen LogP contribution in [0, 0.1) is 0 Å². The van der Waals surface area contributed by atoms with E-state index in [9.17, 15) is 9.59 Å². The number of nitrogens with one attached hydrogen (secondary N) is 1. The summed E-state index contributed by atoms with van der Waals surface area (Å²) in [6, 6.07) is 17.4. The Morgan fingerprint density at radius 3 is 2.26 bits per heavy atom. The molecule has 1 heterocycles. The number of unbranched alkanes of at least 4 members (excludes halogenated alkanes) is 2. The van der Waals surface area contributed by atoms with Crippen molar-refractivity contribution in [3.8, 4) is 0 Å². The second kappa shape index (κ2) is 11.5. The van der Waals surface area contributed by atoms with E-state index in [0.717, 1.165) is 62.4 Å². The molecule has 31 heavy (non-hydrogen) atoms. The lowest BCUT2D eigenvalue weighted by atomic mass is 10.0. The third-order valence-corrected chi connectivity index (χ3v) is 5.74. The zero-order valence-corrected chi connectivity index (χ0v) is 18.5. The molecule has 1 fully saturated rings. The Balaban J connectivity index is 1.56. The zero-order valence-electron chi connectivity index (χ0n) is 18.5. The van der Waals surface area contributed by atoms with Crippen LogP contribution < -0.4 is 10.2 Å². The van der Waals surface area contributed by atoms with Gasteiger partial charge in [-0.3, -0.25) is 9.69 Å². The van der Waals surface area contributed by atoms with Crippen LogP contribution in [-0.4, -0.2) is 50.1 Å². The van der Waals surface area contributed by atoms with Gasteiger partial charge in [0.05, 0.1) is 7.11 Å². The van der Waals surface area contributed by atoms with E-state index in [1.54, 1.807) is 0 Å². The van der Waals surface area contributed by atoms with Gasteiger partial charge in [0.25, 0.3) is 0 Å². The van der Waals surface area contributed by atoms with Crippen molar-refractivity contribution >= 4 is 23.3 Å². The van der Waals surface area contributed by atoms with E-state index in [1.807, 2.05) is 54.6 Å². The van der Waals surface area contributed by atoms with Crippen LogP contribution in [0.15, 0.2) is 54.6 Å². The normalized spacial score (nSPS) is 15.4. The van der Waals surface area contributed by atoms with Crippen molar-refractivity contribution in [2.24, 2.45) is 0 Å². The molecule has 1 aliphatic rings. The highest BCUT2D eigenvalue weighted by Crippen LogP contribution is 2.26. The number of amides is 1. The second-order valence-electron chi connectivity index (χ2n) is 7.91. The lowest BCUT2D eigenvalue weighted by Gasteiger charge is -2.39. The summed E-state index contributed by atoms with van der Waals surface area (Å²) in [5.74, 6) is -0.150. The number of ether oxygens (including phenoxy) is 1. The van der Waals surface area contributed by atoms with Crippen LogP contribution in [0.5, 0.6) is 0 Å². The summed E-state index contributed by atoms with van der Waals surface area (Å²) in [6.07, 6.45) is 3.70. The highest BCUT2D eigenvalue weighted by molar-refractivity contribution is 5.90. The molecule has 0 spiro atoms. The van der Waals surface area contributed by atoms with Crippen molar-refractivity contribution in [2.75, 3.05) is 43.5 Å². The predicted octanol–water partition coefficient (Wildman–Crippen LogP) is 4.24. The smallest absolute Gasteiger partial charge is 0.327 e. The molecule has 1 N–H and O–H groups in total. The van der Waals surface area contributed by atoms with Crippen LogP contribution in [0.25, 0.3) is 0 Å². The number of nitrogens with zero attached hydrogens (tertiary/aromatic N) is 2. The molecule has 6 nitrogen and oxygen atoms in total. The minimum atomic E-state index is -0.376. The van der Waals surface area contributed by atoms with Crippen molar-refractivity contribution in [2.45, 2.75) is 38.6 Å². The number of anilines is 2. The Hall–Kier alpha value is -2.86. The van der Waals surface area contributed by atoms with E-state index in [0.29, 0.717) is 6.42 Å². The van der Waals surface area contributed by atoms with E-state index in [1.165, 1.54) is 7.11 Å². The lowest BCUT2D eigenvalue weighted by molar-refractivity contribution is -0.147. The number of methoxy groups -OCH3 is 1. The minimum absolute atomic E-state index is 0.0737. The molecule has 3 rings (SSSR count). The molecule has 0 bridgehead atoms. The van der Waals surface area contributed by atoms with Crippen LogP contribution in [0.3, 0.4) is 0 Å². The first-order valence-corrected chi connectivity index (χ1v) is 11.1. The Labute approximate surface area is 185 Å². The van der Waals surface area contributed by atoms with Crippen molar-refractivity contribution in [1.29, 1.82) is 0 Å². The second-order valence-corrected chi connectivity index (χ2v) is 7.91. The van der Waals surface area contributed by atoms with Gasteiger partial charge >= 0.3 is 5.97 Å². The van der Waals surface area contributed by atoms with Crippen LogP contribution in [0.1, 0.15) is 44.2 Å². The zero-order chi connectivity index (χ0) is 22.1. The maximum absolute atomic E-state index is 12.5. The molecule has 2 aromatic rings. The van der Waals surface area contributed by atoms with Crippen molar-refractivity contribution in [3.05, 3.63) is 60.2 Å². The van der Waals surface area contributed by atoms with Crippen LogP contribution in [-0.2, 0) is 14.3 Å². The molecule has 1 atom stereocenters. The maximum atomic E-state index is 12.5. The SMILES string of the molecule is CCCCCC(=O)Nc1ccc(N2CCN(C(C(=O)OC)c3ccccc3)CC2)cc1. The maximum Gasteiger partial charge on any atom is 0.327 e. The van der Waals surface area contributed by atoms with E-state index < -0.39 is 0 Å². The summed E-state index contributed by atoms with van der Waals surface area (Å²) in [5.41, 5.74) is 2.92. The molecule has 0 saturated carbocycles. The molecular weight excluding hydrogens is 390 g/mol. The molecule has 1 amide bonds. The highest BCUT2D eigenvalue weighted by Gasteiger charge is 2.31. The first kappa shape index (κ1) is 22.8. The van der Waals surface area contributed by atoms with Gasteiger partial charge in [-0.15, -0.1) is 0 Å². The summed E-state index contributed by atoms with van der Waals surface area (Å²) in [4.78, 5) is 29.0. The third kappa shape index (κ3) is 6.31. The number of hydrogen-bond donors (Lipinski definition) is 1. The number of piperazine rings is 1. The van der Waals surface area contributed by atoms with Crippen LogP contribution >= 0.6 is 0 Å². The summed E-state index contributed by atoms with van der Waals surface area (Å²) in [5, 5.41) is 2.97. The van der Waals surface area contributed by atoms with E-state index >= 15 is 0 Å². The standard InChI is InChI=1S/C25H33N3O3/c1-3-4-6-11-23(29)26-21-12-14-22(15-13-21)27-16-18-28(19-17-27)24(25(30)31-2)20-9-7-5-8-10-20/h5,7-10,12-15,24H,3-4,6,11,16-19H2,1-2H3,(H,26,29). The largest absolute Gasteiger partial charge is 0.468 e. The Morgan fingerprint density at radius 1 is 0.968 bits per heavy atom. The molecule has 166 valence electrons. The first-order valence-electron chi connectivity index (χ1n) is 11.1. The van der Waals surface area contributed by atoms with Gasteiger partial charge in [-0.1, -0.05) is 50.1 Å². The van der Waals surface area contributed by atoms with Gasteiger partial charge < -0.3 is 15.0 Å². The molecule has 0 aromatic heterocycles. The number of carbonyl (C=O) groups is 2. The quantitative estimate of drug-likeness (QED) is 0.483. The van der Waals surface area contributed by atoms with Gasteiger partial charge in [-0.25, -0.2) is 4.79 Å². The van der Waals surface area contributed by atoms with E-state index in [4.69, 9.17) is 4.74 Å². The average molecular weight is 424 g/mol. The van der Waals surface area contributed by atoms with Gasteiger partial charge in [-0.2, -0.15) is 0 Å². The number of esters is 1. The number of hydrogen-bond acceptors (Lipinski definition) is 5. The number of carbonyl (C=O) groups excluding carboxylic acids is 2. The van der Waals surface area contributed by atoms with Gasteiger partial charge in [-0.05, 0) is 36.2 Å². The fourth-order valence-electron chi connectivity index (χ4n) is 4.00. The molecular formula is C25H33N3O3. The topological polar surface area (TPSA) is 61.9 Å². The number of rotatable bonds is 9. The summed E-state index contributed by atoms with van der Waals surface area (Å²) in [7, 11) is 1.44. The Morgan fingerprint density at radius 2 is 1.65 bits per heavy atom. The molecule has 1 unspecified atom stereocenters. The van der Waals surface area contributed by atoms with Gasteiger partial charge in [0.2, 0.25) is 5.91 Å². The summed E-state index contributed by atoms with van der Waals surface area (Å²) < 4.78 is 5.08. The Bertz CT molecular complexity index is 831. The molecule has 0 aliphatic carbocycles. The number of benzene rings is 2. The van der Waals surface area contributed by atoms with Crippen molar-refractivity contribution in [3.63, 3.8) is 0 Å². The molecule has 1 saturated heterocycles. The minimum Gasteiger partial charge on any atom is -0.468 e. The van der Waals surface area contributed by atoms with Gasteiger partial charge in [0, 0.05) is 44.0 Å². The fourth-order valence-corrected chi connectivity index (χ4v) is 4.00. The summed E-state index contributed by atoms with van der Waals surface area (Å²) >= 11 is 0. The predicted molar refractivity (Wildman–Crippen MR) is 124 cm³/mol.